The molecule has 0 aliphatic carbocycles. The summed E-state index contributed by atoms with van der Waals surface area (Å²) in [4.78, 5) is 0. The summed E-state index contributed by atoms with van der Waals surface area (Å²) in [5.74, 6) is 0.916. The molecule has 18 heavy (non-hydrogen) atoms. The van der Waals surface area contributed by atoms with Crippen LogP contribution in [-0.4, -0.2) is 18.3 Å². The van der Waals surface area contributed by atoms with Crippen LogP contribution in [0.5, 0.6) is 5.75 Å². The van der Waals surface area contributed by atoms with Crippen LogP contribution < -0.4 is 10.5 Å². The molecule has 1 aliphatic rings. The number of nitrogens with two attached hydrogens (primary N) is 1. The minimum absolute atomic E-state index is 0.00381. The second-order valence-electron chi connectivity index (χ2n) is 5.30. The van der Waals surface area contributed by atoms with E-state index in [1.54, 1.807) is 0 Å². The monoisotopic (exact) mass is 249 g/mol. The Morgan fingerprint density at radius 2 is 1.83 bits per heavy atom. The van der Waals surface area contributed by atoms with E-state index >= 15 is 0 Å². The lowest BCUT2D eigenvalue weighted by molar-refractivity contribution is -0.0723. The highest BCUT2D eigenvalue weighted by molar-refractivity contribution is 5.35. The van der Waals surface area contributed by atoms with Crippen LogP contribution in [0.1, 0.15) is 45.2 Å². The highest BCUT2D eigenvalue weighted by Crippen LogP contribution is 2.28. The highest BCUT2D eigenvalue weighted by Gasteiger charge is 2.26. The maximum atomic E-state index is 6.13. The summed E-state index contributed by atoms with van der Waals surface area (Å²) in [5.41, 5.74) is 7.04. The summed E-state index contributed by atoms with van der Waals surface area (Å²) < 4.78 is 11.9. The molecule has 1 aromatic rings. The van der Waals surface area contributed by atoms with Crippen LogP contribution in [0.4, 0.5) is 0 Å². The fourth-order valence-electron chi connectivity index (χ4n) is 2.58. The van der Waals surface area contributed by atoms with Gasteiger partial charge in [-0.15, -0.1) is 0 Å². The van der Waals surface area contributed by atoms with Crippen molar-refractivity contribution in [2.75, 3.05) is 0 Å². The minimum atomic E-state index is -0.00381. The molecular weight excluding hydrogens is 226 g/mol. The van der Waals surface area contributed by atoms with Gasteiger partial charge in [0.15, 0.2) is 0 Å². The first-order valence-corrected chi connectivity index (χ1v) is 6.73. The van der Waals surface area contributed by atoms with Crippen molar-refractivity contribution in [3.8, 4) is 5.75 Å². The molecule has 0 saturated carbocycles. The summed E-state index contributed by atoms with van der Waals surface area (Å²) in [5, 5.41) is 0. The number of rotatable bonds is 3. The van der Waals surface area contributed by atoms with Gasteiger partial charge in [0.1, 0.15) is 11.9 Å². The molecular formula is C15H23NO2. The molecule has 3 atom stereocenters. The van der Waals surface area contributed by atoms with Crippen LogP contribution >= 0.6 is 0 Å². The van der Waals surface area contributed by atoms with Crippen molar-refractivity contribution in [2.24, 2.45) is 5.73 Å². The molecule has 3 heteroatoms. The van der Waals surface area contributed by atoms with Crippen LogP contribution in [-0.2, 0) is 4.74 Å². The molecule has 100 valence electrons. The van der Waals surface area contributed by atoms with Gasteiger partial charge in [-0.1, -0.05) is 18.2 Å². The third-order valence-corrected chi connectivity index (χ3v) is 3.36. The van der Waals surface area contributed by atoms with Crippen molar-refractivity contribution in [1.29, 1.82) is 0 Å². The Morgan fingerprint density at radius 3 is 2.44 bits per heavy atom. The quantitative estimate of drug-likeness (QED) is 0.895. The summed E-state index contributed by atoms with van der Waals surface area (Å²) in [6.07, 6.45) is 2.64. The molecule has 0 bridgehead atoms. The third kappa shape index (κ3) is 3.24. The van der Waals surface area contributed by atoms with E-state index in [4.69, 9.17) is 15.2 Å². The van der Waals surface area contributed by atoms with Crippen LogP contribution in [0.15, 0.2) is 24.3 Å². The molecule has 2 N–H and O–H groups in total. The number of para-hydroxylation sites is 1. The van der Waals surface area contributed by atoms with E-state index in [1.807, 2.05) is 31.2 Å². The fraction of sp³-hybridized carbons (Fsp3) is 0.600. The molecule has 1 aliphatic heterocycles. The van der Waals surface area contributed by atoms with Gasteiger partial charge < -0.3 is 15.2 Å². The topological polar surface area (TPSA) is 44.5 Å². The summed E-state index contributed by atoms with van der Waals surface area (Å²) in [7, 11) is 0. The summed E-state index contributed by atoms with van der Waals surface area (Å²) in [6, 6.07) is 8.03. The number of benzene rings is 1. The van der Waals surface area contributed by atoms with Gasteiger partial charge in [0.25, 0.3) is 0 Å². The molecule has 2 unspecified atom stereocenters. The van der Waals surface area contributed by atoms with Gasteiger partial charge >= 0.3 is 0 Å². The van der Waals surface area contributed by atoms with Crippen LogP contribution in [0.3, 0.4) is 0 Å². The summed E-state index contributed by atoms with van der Waals surface area (Å²) >= 11 is 0. The van der Waals surface area contributed by atoms with Gasteiger partial charge in [0.2, 0.25) is 0 Å². The first-order chi connectivity index (χ1) is 8.56. The van der Waals surface area contributed by atoms with Gasteiger partial charge in [0, 0.05) is 24.4 Å². The first kappa shape index (κ1) is 13.4. The van der Waals surface area contributed by atoms with Crippen molar-refractivity contribution in [3.63, 3.8) is 0 Å². The maximum Gasteiger partial charge on any atom is 0.124 e. The lowest BCUT2D eigenvalue weighted by Gasteiger charge is -2.33. The number of ether oxygens (including phenoxy) is 2. The molecule has 2 rings (SSSR count). The maximum absolute atomic E-state index is 6.13. The second-order valence-corrected chi connectivity index (χ2v) is 5.30. The van der Waals surface area contributed by atoms with E-state index < -0.39 is 0 Å². The molecule has 3 nitrogen and oxygen atoms in total. The molecule has 0 radical (unpaired) electrons. The Morgan fingerprint density at radius 1 is 1.22 bits per heavy atom. The minimum Gasteiger partial charge on any atom is -0.490 e. The number of hydrogen-bond donors (Lipinski definition) is 1. The van der Waals surface area contributed by atoms with Crippen molar-refractivity contribution in [1.82, 2.24) is 0 Å². The smallest absolute Gasteiger partial charge is 0.124 e. The van der Waals surface area contributed by atoms with Crippen molar-refractivity contribution in [2.45, 2.75) is 58.0 Å². The SMILES string of the molecule is CC1CC(Oc2ccccc2[C@@H](C)N)CC(C)O1. The largest absolute Gasteiger partial charge is 0.490 e. The van der Waals surface area contributed by atoms with Gasteiger partial charge in [0.05, 0.1) is 12.2 Å². The van der Waals surface area contributed by atoms with Crippen LogP contribution in [0, 0.1) is 0 Å². The van der Waals surface area contributed by atoms with Crippen LogP contribution in [0.25, 0.3) is 0 Å². The van der Waals surface area contributed by atoms with E-state index in [1.165, 1.54) is 0 Å². The predicted octanol–water partition coefficient (Wildman–Crippen LogP) is 3.04. The molecule has 0 aromatic heterocycles. The van der Waals surface area contributed by atoms with E-state index in [2.05, 4.69) is 13.8 Å². The van der Waals surface area contributed by atoms with Gasteiger partial charge in [-0.05, 0) is 26.8 Å². The van der Waals surface area contributed by atoms with Crippen molar-refractivity contribution in [3.05, 3.63) is 29.8 Å². The van der Waals surface area contributed by atoms with Gasteiger partial charge in [-0.25, -0.2) is 0 Å². The zero-order valence-corrected chi connectivity index (χ0v) is 11.4. The highest BCUT2D eigenvalue weighted by atomic mass is 16.5. The van der Waals surface area contributed by atoms with Crippen molar-refractivity contribution < 1.29 is 9.47 Å². The molecule has 0 amide bonds. The Kier molecular flexibility index (Phi) is 4.25. The van der Waals surface area contributed by atoms with E-state index in [0.29, 0.717) is 0 Å². The lowest BCUT2D eigenvalue weighted by atomic mass is 10.0. The molecule has 1 heterocycles. The van der Waals surface area contributed by atoms with Crippen molar-refractivity contribution >= 4 is 0 Å². The van der Waals surface area contributed by atoms with Crippen LogP contribution in [0.2, 0.25) is 0 Å². The third-order valence-electron chi connectivity index (χ3n) is 3.36. The van der Waals surface area contributed by atoms with Gasteiger partial charge in [-0.2, -0.15) is 0 Å². The Balaban J connectivity index is 2.09. The standard InChI is InChI=1S/C15H23NO2/c1-10-8-13(9-11(2)17-10)18-15-7-5-4-6-14(15)12(3)16/h4-7,10-13H,8-9,16H2,1-3H3/t10?,11?,12-,13?/m1/s1. The predicted molar refractivity (Wildman–Crippen MR) is 72.7 cm³/mol. The second kappa shape index (κ2) is 5.72. The molecule has 1 fully saturated rings. The Hall–Kier alpha value is -1.06. The molecule has 1 aromatic carbocycles. The summed E-state index contributed by atoms with van der Waals surface area (Å²) in [6.45, 7) is 6.18. The number of hydrogen-bond acceptors (Lipinski definition) is 3. The van der Waals surface area contributed by atoms with E-state index in [0.717, 1.165) is 24.2 Å². The Bertz CT molecular complexity index is 382. The first-order valence-electron chi connectivity index (χ1n) is 6.73. The molecule has 0 spiro atoms. The molecule has 1 saturated heterocycles. The average molecular weight is 249 g/mol. The zero-order chi connectivity index (χ0) is 13.1. The lowest BCUT2D eigenvalue weighted by Crippen LogP contribution is -2.36. The van der Waals surface area contributed by atoms with Gasteiger partial charge in [-0.3, -0.25) is 0 Å². The fourth-order valence-corrected chi connectivity index (χ4v) is 2.58. The zero-order valence-electron chi connectivity index (χ0n) is 11.4. The Labute approximate surface area is 109 Å². The van der Waals surface area contributed by atoms with E-state index in [9.17, 15) is 0 Å². The normalized spacial score (nSPS) is 29.9. The van der Waals surface area contributed by atoms with E-state index in [-0.39, 0.29) is 24.4 Å². The average Bonchev–Trinajstić information content (AvgIpc) is 2.27.